The van der Waals surface area contributed by atoms with Crippen molar-refractivity contribution in [2.45, 2.75) is 6.42 Å². The molecule has 1 heterocycles. The highest BCUT2D eigenvalue weighted by molar-refractivity contribution is 5.95. The molecular weight excluding hydrogens is 264 g/mol. The van der Waals surface area contributed by atoms with Gasteiger partial charge in [-0.25, -0.2) is 0 Å². The van der Waals surface area contributed by atoms with Crippen molar-refractivity contribution in [3.05, 3.63) is 33.9 Å². The van der Waals surface area contributed by atoms with Crippen molar-refractivity contribution >= 4 is 11.6 Å². The smallest absolute Gasteiger partial charge is 0.311 e. The maximum atomic E-state index is 12.3. The van der Waals surface area contributed by atoms with Crippen LogP contribution < -0.4 is 4.74 Å². The summed E-state index contributed by atoms with van der Waals surface area (Å²) in [5.74, 6) is -0.0416. The van der Waals surface area contributed by atoms with Gasteiger partial charge in [-0.05, 0) is 18.6 Å². The molecule has 1 aliphatic heterocycles. The van der Waals surface area contributed by atoms with E-state index in [0.29, 0.717) is 13.1 Å². The van der Waals surface area contributed by atoms with Crippen molar-refractivity contribution in [2.75, 3.05) is 26.8 Å². The number of nitro benzene ring substituents is 1. The molecule has 0 saturated carbocycles. The van der Waals surface area contributed by atoms with Gasteiger partial charge in [-0.1, -0.05) is 0 Å². The number of methoxy groups -OCH3 is 1. The highest BCUT2D eigenvalue weighted by atomic mass is 16.6. The van der Waals surface area contributed by atoms with Crippen molar-refractivity contribution in [3.8, 4) is 5.75 Å². The summed E-state index contributed by atoms with van der Waals surface area (Å²) in [6.45, 7) is 1.09. The summed E-state index contributed by atoms with van der Waals surface area (Å²) in [4.78, 5) is 24.2. The van der Waals surface area contributed by atoms with Crippen molar-refractivity contribution < 1.29 is 19.6 Å². The van der Waals surface area contributed by atoms with Crippen molar-refractivity contribution in [3.63, 3.8) is 0 Å². The van der Waals surface area contributed by atoms with E-state index in [2.05, 4.69) is 0 Å². The van der Waals surface area contributed by atoms with Crippen LogP contribution in [0, 0.1) is 16.0 Å². The first-order valence-electron chi connectivity index (χ1n) is 6.29. The van der Waals surface area contributed by atoms with Crippen LogP contribution in [0.1, 0.15) is 16.8 Å². The highest BCUT2D eigenvalue weighted by Gasteiger charge is 2.28. The molecule has 1 atom stereocenters. The molecule has 1 aromatic rings. The van der Waals surface area contributed by atoms with Gasteiger partial charge in [-0.3, -0.25) is 14.9 Å². The molecule has 0 aliphatic carbocycles. The Balaban J connectivity index is 2.23. The molecule has 1 saturated heterocycles. The van der Waals surface area contributed by atoms with Crippen LogP contribution in [-0.2, 0) is 0 Å². The lowest BCUT2D eigenvalue weighted by Gasteiger charge is -2.16. The van der Waals surface area contributed by atoms with Crippen LogP contribution in [0.15, 0.2) is 18.2 Å². The predicted molar refractivity (Wildman–Crippen MR) is 70.7 cm³/mol. The molecule has 7 heteroatoms. The third-order valence-electron chi connectivity index (χ3n) is 3.45. The molecule has 7 nitrogen and oxygen atoms in total. The molecule has 1 aliphatic rings. The minimum Gasteiger partial charge on any atom is -0.490 e. The SMILES string of the molecule is COc1ccc(C(=O)N2CCC(CO)C2)cc1[N+](=O)[O-]. The molecule has 0 spiro atoms. The Labute approximate surface area is 115 Å². The second-order valence-electron chi connectivity index (χ2n) is 4.73. The number of aliphatic hydroxyl groups is 1. The molecule has 1 unspecified atom stereocenters. The molecule has 2 rings (SSSR count). The standard InChI is InChI=1S/C13H16N2O5/c1-20-12-3-2-10(6-11(12)15(18)19)13(17)14-5-4-9(7-14)8-16/h2-3,6,9,16H,4-5,7-8H2,1H3. The van der Waals surface area contributed by atoms with Crippen LogP contribution in [0.2, 0.25) is 0 Å². The summed E-state index contributed by atoms with van der Waals surface area (Å²) in [5.41, 5.74) is 0.0346. The van der Waals surface area contributed by atoms with Crippen LogP contribution >= 0.6 is 0 Å². The van der Waals surface area contributed by atoms with Gasteiger partial charge in [-0.2, -0.15) is 0 Å². The fourth-order valence-electron chi connectivity index (χ4n) is 2.31. The van der Waals surface area contributed by atoms with Crippen LogP contribution in [0.5, 0.6) is 5.75 Å². The van der Waals surface area contributed by atoms with Gasteiger partial charge in [0.25, 0.3) is 5.91 Å². The maximum absolute atomic E-state index is 12.3. The Morgan fingerprint density at radius 3 is 2.90 bits per heavy atom. The first kappa shape index (κ1) is 14.3. The first-order valence-corrected chi connectivity index (χ1v) is 6.29. The van der Waals surface area contributed by atoms with E-state index in [0.717, 1.165) is 6.42 Å². The van der Waals surface area contributed by atoms with Gasteiger partial charge in [-0.15, -0.1) is 0 Å². The van der Waals surface area contributed by atoms with Crippen molar-refractivity contribution in [1.82, 2.24) is 4.90 Å². The zero-order chi connectivity index (χ0) is 14.7. The number of amides is 1. The van der Waals surface area contributed by atoms with Gasteiger partial charge >= 0.3 is 5.69 Å². The van der Waals surface area contributed by atoms with Gasteiger partial charge in [0.05, 0.1) is 12.0 Å². The van der Waals surface area contributed by atoms with Crippen molar-refractivity contribution in [2.24, 2.45) is 5.92 Å². The van der Waals surface area contributed by atoms with E-state index in [1.54, 1.807) is 4.90 Å². The number of likely N-dealkylation sites (tertiary alicyclic amines) is 1. The Hall–Kier alpha value is -2.15. The zero-order valence-electron chi connectivity index (χ0n) is 11.1. The lowest BCUT2D eigenvalue weighted by molar-refractivity contribution is -0.385. The Bertz CT molecular complexity index is 531. The highest BCUT2D eigenvalue weighted by Crippen LogP contribution is 2.28. The van der Waals surface area contributed by atoms with E-state index in [1.165, 1.54) is 25.3 Å². The molecule has 1 N–H and O–H groups in total. The Morgan fingerprint density at radius 2 is 2.35 bits per heavy atom. The number of hydrogen-bond donors (Lipinski definition) is 1. The molecule has 0 aromatic heterocycles. The van der Waals surface area contributed by atoms with Gasteiger partial charge in [0.2, 0.25) is 0 Å². The molecule has 0 bridgehead atoms. The van der Waals surface area contributed by atoms with E-state index in [4.69, 9.17) is 9.84 Å². The molecule has 108 valence electrons. The minimum atomic E-state index is -0.573. The van der Waals surface area contributed by atoms with Crippen LogP contribution in [0.4, 0.5) is 5.69 Å². The van der Waals surface area contributed by atoms with Gasteiger partial charge < -0.3 is 14.7 Å². The average Bonchev–Trinajstić information content (AvgIpc) is 2.94. The largest absolute Gasteiger partial charge is 0.490 e. The normalized spacial score (nSPS) is 18.1. The molecule has 20 heavy (non-hydrogen) atoms. The summed E-state index contributed by atoms with van der Waals surface area (Å²) in [5, 5.41) is 20.0. The third kappa shape index (κ3) is 2.72. The lowest BCUT2D eigenvalue weighted by Crippen LogP contribution is -2.29. The van der Waals surface area contributed by atoms with E-state index in [9.17, 15) is 14.9 Å². The topological polar surface area (TPSA) is 92.9 Å². The summed E-state index contributed by atoms with van der Waals surface area (Å²) >= 11 is 0. The molecular formula is C13H16N2O5. The predicted octanol–water partition coefficient (Wildman–Crippen LogP) is 1.06. The van der Waals surface area contributed by atoms with Crippen LogP contribution in [0.3, 0.4) is 0 Å². The zero-order valence-corrected chi connectivity index (χ0v) is 11.1. The summed E-state index contributed by atoms with van der Waals surface area (Å²) < 4.78 is 4.90. The molecule has 1 amide bonds. The number of ether oxygens (including phenoxy) is 1. The quantitative estimate of drug-likeness (QED) is 0.657. The van der Waals surface area contributed by atoms with Gasteiger partial charge in [0.15, 0.2) is 5.75 Å². The van der Waals surface area contributed by atoms with Crippen molar-refractivity contribution in [1.29, 1.82) is 0 Å². The van der Waals surface area contributed by atoms with E-state index >= 15 is 0 Å². The number of hydrogen-bond acceptors (Lipinski definition) is 5. The fourth-order valence-corrected chi connectivity index (χ4v) is 2.31. The Morgan fingerprint density at radius 1 is 1.60 bits per heavy atom. The minimum absolute atomic E-state index is 0.0482. The fraction of sp³-hybridized carbons (Fsp3) is 0.462. The number of benzene rings is 1. The van der Waals surface area contributed by atoms with Crippen LogP contribution in [0.25, 0.3) is 0 Å². The average molecular weight is 280 g/mol. The number of aliphatic hydroxyl groups excluding tert-OH is 1. The Kier molecular flexibility index (Phi) is 4.19. The third-order valence-corrected chi connectivity index (χ3v) is 3.45. The monoisotopic (exact) mass is 280 g/mol. The van der Waals surface area contributed by atoms with E-state index in [1.807, 2.05) is 0 Å². The number of nitro groups is 1. The second-order valence-corrected chi connectivity index (χ2v) is 4.73. The summed E-state index contributed by atoms with van der Waals surface area (Å²) in [6.07, 6.45) is 0.750. The molecule has 1 fully saturated rings. The van der Waals surface area contributed by atoms with Crippen LogP contribution in [-0.4, -0.2) is 47.6 Å². The maximum Gasteiger partial charge on any atom is 0.311 e. The molecule has 1 aromatic carbocycles. The van der Waals surface area contributed by atoms with Gasteiger partial charge in [0.1, 0.15) is 0 Å². The summed E-state index contributed by atoms with van der Waals surface area (Å²) in [7, 11) is 1.34. The summed E-state index contributed by atoms with van der Waals surface area (Å²) in [6, 6.07) is 4.17. The number of carbonyl (C=O) groups is 1. The van der Waals surface area contributed by atoms with E-state index in [-0.39, 0.29) is 35.4 Å². The number of rotatable bonds is 4. The van der Waals surface area contributed by atoms with E-state index < -0.39 is 4.92 Å². The molecule has 0 radical (unpaired) electrons. The number of nitrogens with zero attached hydrogens (tertiary/aromatic N) is 2. The second kappa shape index (κ2) is 5.87. The lowest BCUT2D eigenvalue weighted by atomic mass is 10.1. The number of carbonyl (C=O) groups excluding carboxylic acids is 1. The van der Waals surface area contributed by atoms with Gasteiger partial charge in [0, 0.05) is 37.2 Å². The first-order chi connectivity index (χ1) is 9.56.